The highest BCUT2D eigenvalue weighted by molar-refractivity contribution is 6.34. The van der Waals surface area contributed by atoms with Crippen LogP contribution in [0.25, 0.3) is 11.3 Å². The summed E-state index contributed by atoms with van der Waals surface area (Å²) in [4.78, 5) is 29.1. The molecule has 2 heterocycles. The molecule has 0 aliphatic carbocycles. The van der Waals surface area contributed by atoms with Crippen molar-refractivity contribution in [3.8, 4) is 11.3 Å². The fourth-order valence-electron chi connectivity index (χ4n) is 3.06. The first kappa shape index (κ1) is 23.1. The Labute approximate surface area is 195 Å². The van der Waals surface area contributed by atoms with Gasteiger partial charge in [-0.05, 0) is 36.4 Å². The normalized spacial score (nSPS) is 10.9. The summed E-state index contributed by atoms with van der Waals surface area (Å²) in [6, 6.07) is 8.24. The second-order valence-electron chi connectivity index (χ2n) is 7.06. The molecule has 0 bridgehead atoms. The molecule has 0 radical (unpaired) electrons. The van der Waals surface area contributed by atoms with E-state index in [2.05, 4.69) is 25.8 Å². The number of aromatic amines is 1. The van der Waals surface area contributed by atoms with Crippen LogP contribution in [0.1, 0.15) is 32.5 Å². The van der Waals surface area contributed by atoms with Crippen molar-refractivity contribution >= 4 is 29.2 Å². The topological polar surface area (TPSA) is 113 Å². The van der Waals surface area contributed by atoms with Gasteiger partial charge in [0.05, 0.1) is 17.1 Å². The Kier molecular flexibility index (Phi) is 6.37. The van der Waals surface area contributed by atoms with E-state index in [1.807, 2.05) is 0 Å². The number of hydrogen-bond acceptors (Lipinski definition) is 5. The average Bonchev–Trinajstić information content (AvgIpc) is 3.41. The van der Waals surface area contributed by atoms with E-state index < -0.39 is 29.3 Å². The van der Waals surface area contributed by atoms with Gasteiger partial charge < -0.3 is 15.1 Å². The zero-order valence-corrected chi connectivity index (χ0v) is 18.1. The van der Waals surface area contributed by atoms with Crippen LogP contribution in [0.3, 0.4) is 0 Å². The highest BCUT2D eigenvalue weighted by atomic mass is 35.5. The van der Waals surface area contributed by atoms with E-state index in [0.717, 1.165) is 0 Å². The predicted molar refractivity (Wildman–Crippen MR) is 116 cm³/mol. The maximum atomic E-state index is 13.4. The first-order chi connectivity index (χ1) is 16.2. The number of aryl methyl sites for hydroxylation is 1. The van der Waals surface area contributed by atoms with E-state index in [0.29, 0.717) is 35.0 Å². The molecule has 0 spiro atoms. The summed E-state index contributed by atoms with van der Waals surface area (Å²) in [5.74, 6) is -3.50. The molecular weight excluding hydrogens is 475 g/mol. The number of anilines is 1. The number of halogens is 4. The zero-order chi connectivity index (χ0) is 24.4. The standard InChI is InChI=1S/C22H15ClF3N5O3/c1-10-28-20(11-2-4-12(24)5-3-11)18(34-10)9-27-22(33)17-8-19(31-30-17)29-21(32)13-6-15(25)16(26)7-14(13)23/h2-8H,9H2,1H3,(H,27,33)(H2,29,30,31,32). The Morgan fingerprint density at radius 3 is 2.50 bits per heavy atom. The number of aromatic nitrogens is 3. The third-order valence-corrected chi connectivity index (χ3v) is 4.96. The lowest BCUT2D eigenvalue weighted by atomic mass is 10.1. The zero-order valence-electron chi connectivity index (χ0n) is 17.4. The predicted octanol–water partition coefficient (Wildman–Crippen LogP) is 4.63. The monoisotopic (exact) mass is 489 g/mol. The molecule has 0 fully saturated rings. The molecule has 2 aromatic heterocycles. The Hall–Kier alpha value is -4.12. The van der Waals surface area contributed by atoms with Gasteiger partial charge in [0.2, 0.25) is 0 Å². The molecule has 0 saturated heterocycles. The average molecular weight is 490 g/mol. The van der Waals surface area contributed by atoms with Crippen molar-refractivity contribution < 1.29 is 27.2 Å². The lowest BCUT2D eigenvalue weighted by Gasteiger charge is -2.05. The molecule has 2 amide bonds. The fourth-order valence-corrected chi connectivity index (χ4v) is 3.30. The van der Waals surface area contributed by atoms with Crippen LogP contribution in [0.15, 0.2) is 46.9 Å². The first-order valence-corrected chi connectivity index (χ1v) is 10.1. The number of nitrogens with one attached hydrogen (secondary N) is 3. The van der Waals surface area contributed by atoms with Gasteiger partial charge in [-0.3, -0.25) is 14.7 Å². The molecule has 0 saturated carbocycles. The van der Waals surface area contributed by atoms with E-state index in [1.165, 1.54) is 18.2 Å². The van der Waals surface area contributed by atoms with Crippen LogP contribution >= 0.6 is 11.6 Å². The molecule has 8 nitrogen and oxygen atoms in total. The van der Waals surface area contributed by atoms with E-state index in [9.17, 15) is 22.8 Å². The molecule has 0 atom stereocenters. The number of amides is 2. The van der Waals surface area contributed by atoms with Crippen LogP contribution in [0.5, 0.6) is 0 Å². The van der Waals surface area contributed by atoms with Crippen molar-refractivity contribution in [2.24, 2.45) is 0 Å². The van der Waals surface area contributed by atoms with Crippen LogP contribution in [0.4, 0.5) is 19.0 Å². The lowest BCUT2D eigenvalue weighted by Crippen LogP contribution is -2.23. The Bertz CT molecular complexity index is 1390. The SMILES string of the molecule is Cc1nc(-c2ccc(F)cc2)c(CNC(=O)c2cc(NC(=O)c3cc(F)c(F)cc3Cl)[nH]n2)o1. The van der Waals surface area contributed by atoms with Gasteiger partial charge in [0.15, 0.2) is 29.0 Å². The highest BCUT2D eigenvalue weighted by Gasteiger charge is 2.19. The number of hydrogen-bond donors (Lipinski definition) is 3. The van der Waals surface area contributed by atoms with E-state index in [4.69, 9.17) is 16.0 Å². The lowest BCUT2D eigenvalue weighted by molar-refractivity contribution is 0.0942. The third kappa shape index (κ3) is 4.94. The van der Waals surface area contributed by atoms with E-state index in [1.54, 1.807) is 19.1 Å². The van der Waals surface area contributed by atoms with Crippen LogP contribution < -0.4 is 10.6 Å². The van der Waals surface area contributed by atoms with Gasteiger partial charge in [0.25, 0.3) is 11.8 Å². The smallest absolute Gasteiger partial charge is 0.272 e. The molecule has 34 heavy (non-hydrogen) atoms. The number of carbonyl (C=O) groups excluding carboxylic acids is 2. The van der Waals surface area contributed by atoms with Crippen LogP contribution in [-0.4, -0.2) is 27.0 Å². The number of carbonyl (C=O) groups is 2. The molecule has 0 aliphatic heterocycles. The number of rotatable bonds is 6. The van der Waals surface area contributed by atoms with E-state index >= 15 is 0 Å². The molecule has 0 unspecified atom stereocenters. The van der Waals surface area contributed by atoms with Gasteiger partial charge in [0, 0.05) is 18.6 Å². The second-order valence-corrected chi connectivity index (χ2v) is 7.47. The fraction of sp³-hybridized carbons (Fsp3) is 0.0909. The van der Waals surface area contributed by atoms with Crippen molar-refractivity contribution in [1.82, 2.24) is 20.5 Å². The summed E-state index contributed by atoms with van der Waals surface area (Å²) in [7, 11) is 0. The van der Waals surface area contributed by atoms with Crippen molar-refractivity contribution in [1.29, 1.82) is 0 Å². The Morgan fingerprint density at radius 1 is 1.06 bits per heavy atom. The third-order valence-electron chi connectivity index (χ3n) is 4.64. The van der Waals surface area contributed by atoms with Crippen molar-refractivity contribution in [2.45, 2.75) is 13.5 Å². The quantitative estimate of drug-likeness (QED) is 0.342. The Morgan fingerprint density at radius 2 is 1.76 bits per heavy atom. The molecule has 2 aromatic carbocycles. The van der Waals surface area contributed by atoms with Gasteiger partial charge >= 0.3 is 0 Å². The van der Waals surface area contributed by atoms with Gasteiger partial charge in [-0.15, -0.1) is 0 Å². The van der Waals surface area contributed by atoms with Gasteiger partial charge in [-0.25, -0.2) is 18.2 Å². The minimum atomic E-state index is -1.23. The summed E-state index contributed by atoms with van der Waals surface area (Å²) in [5, 5.41) is 11.0. The molecular formula is C22H15ClF3N5O3. The first-order valence-electron chi connectivity index (χ1n) is 9.73. The summed E-state index contributed by atoms with van der Waals surface area (Å²) >= 11 is 5.79. The van der Waals surface area contributed by atoms with Crippen molar-refractivity contribution in [2.75, 3.05) is 5.32 Å². The summed E-state index contributed by atoms with van der Waals surface area (Å²) in [6.45, 7) is 1.60. The van der Waals surface area contributed by atoms with Crippen LogP contribution in [0.2, 0.25) is 5.02 Å². The summed E-state index contributed by atoms with van der Waals surface area (Å²) in [6.07, 6.45) is 0. The van der Waals surface area contributed by atoms with E-state index in [-0.39, 0.29) is 28.6 Å². The van der Waals surface area contributed by atoms with Gasteiger partial charge in [0.1, 0.15) is 17.3 Å². The number of H-pyrrole nitrogens is 1. The second kappa shape index (κ2) is 9.40. The maximum absolute atomic E-state index is 13.4. The van der Waals surface area contributed by atoms with Crippen molar-refractivity contribution in [3.63, 3.8) is 0 Å². The highest BCUT2D eigenvalue weighted by Crippen LogP contribution is 2.24. The number of benzene rings is 2. The Balaban J connectivity index is 1.42. The summed E-state index contributed by atoms with van der Waals surface area (Å²) in [5.41, 5.74) is 0.709. The molecule has 12 heteroatoms. The minimum absolute atomic E-state index is 0.0264. The van der Waals surface area contributed by atoms with Crippen molar-refractivity contribution in [3.05, 3.63) is 87.8 Å². The maximum Gasteiger partial charge on any atom is 0.272 e. The van der Waals surface area contributed by atoms with Crippen LogP contribution in [0, 0.1) is 24.4 Å². The molecule has 4 rings (SSSR count). The number of oxazole rings is 1. The van der Waals surface area contributed by atoms with Gasteiger partial charge in [-0.1, -0.05) is 11.6 Å². The largest absolute Gasteiger partial charge is 0.443 e. The number of nitrogens with zero attached hydrogens (tertiary/aromatic N) is 2. The molecule has 174 valence electrons. The molecule has 3 N–H and O–H groups in total. The molecule has 4 aromatic rings. The van der Waals surface area contributed by atoms with Gasteiger partial charge in [-0.2, -0.15) is 5.10 Å². The van der Waals surface area contributed by atoms with Crippen LogP contribution in [-0.2, 0) is 6.54 Å². The molecule has 0 aliphatic rings. The summed E-state index contributed by atoms with van der Waals surface area (Å²) < 4.78 is 45.4. The minimum Gasteiger partial charge on any atom is -0.443 e.